The van der Waals surface area contributed by atoms with Crippen LogP contribution in [0.25, 0.3) is 0 Å². The average molecular weight is 443 g/mol. The second-order valence-electron chi connectivity index (χ2n) is 5.73. The summed E-state index contributed by atoms with van der Waals surface area (Å²) < 4.78 is 17.8. The third-order valence-electron chi connectivity index (χ3n) is 3.77. The summed E-state index contributed by atoms with van der Waals surface area (Å²) in [5.41, 5.74) is 2.06. The molecule has 2 aromatic carbocycles. The van der Waals surface area contributed by atoms with Crippen LogP contribution >= 0.6 is 27.5 Å². The fourth-order valence-electron chi connectivity index (χ4n) is 2.43. The van der Waals surface area contributed by atoms with E-state index in [1.165, 1.54) is 0 Å². The van der Waals surface area contributed by atoms with Crippen molar-refractivity contribution in [3.8, 4) is 11.5 Å². The van der Waals surface area contributed by atoms with Gasteiger partial charge in [0.25, 0.3) is 0 Å². The number of hydrogen-bond donors (Lipinski definition) is 1. The Morgan fingerprint density at radius 3 is 2.58 bits per heavy atom. The topological polar surface area (TPSA) is 39.7 Å². The van der Waals surface area contributed by atoms with Crippen LogP contribution < -0.4 is 14.8 Å². The number of nitrogens with one attached hydrogen (secondary N) is 1. The van der Waals surface area contributed by atoms with Crippen molar-refractivity contribution in [2.75, 3.05) is 26.9 Å². The fourth-order valence-corrected chi connectivity index (χ4v) is 3.08. The van der Waals surface area contributed by atoms with E-state index in [-0.39, 0.29) is 0 Å². The fraction of sp³-hybridized carbons (Fsp3) is 0.400. The highest BCUT2D eigenvalue weighted by atomic mass is 79.9. The summed E-state index contributed by atoms with van der Waals surface area (Å²) in [4.78, 5) is 0. The molecule has 2 rings (SSSR count). The Kier molecular flexibility index (Phi) is 9.26. The van der Waals surface area contributed by atoms with E-state index in [0.29, 0.717) is 24.0 Å². The first kappa shape index (κ1) is 21.0. The van der Waals surface area contributed by atoms with Crippen LogP contribution in [0.15, 0.2) is 40.9 Å². The maximum absolute atomic E-state index is 6.20. The largest absolute Gasteiger partial charge is 0.490 e. The Labute approximate surface area is 168 Å². The van der Waals surface area contributed by atoms with Crippen molar-refractivity contribution in [2.45, 2.75) is 26.5 Å². The van der Waals surface area contributed by atoms with Gasteiger partial charge in [-0.3, -0.25) is 0 Å². The minimum Gasteiger partial charge on any atom is -0.490 e. The summed E-state index contributed by atoms with van der Waals surface area (Å²) in [5.74, 6) is 1.43. The van der Waals surface area contributed by atoms with Crippen LogP contribution in [0.4, 0.5) is 0 Å². The van der Waals surface area contributed by atoms with Crippen LogP contribution in [0, 0.1) is 0 Å². The lowest BCUT2D eigenvalue weighted by molar-refractivity contribution is 0.194. The zero-order chi connectivity index (χ0) is 18.8. The van der Waals surface area contributed by atoms with Crippen LogP contribution in [-0.4, -0.2) is 26.9 Å². The molecule has 4 nitrogen and oxygen atoms in total. The number of hydrogen-bond acceptors (Lipinski definition) is 4. The normalized spacial score (nSPS) is 10.8. The molecule has 0 radical (unpaired) electrons. The molecule has 0 amide bonds. The second-order valence-corrected chi connectivity index (χ2v) is 6.99. The molecular formula is C20H25BrClNO3. The summed E-state index contributed by atoms with van der Waals surface area (Å²) in [6.07, 6.45) is 0.978. The van der Waals surface area contributed by atoms with Gasteiger partial charge in [-0.05, 0) is 43.7 Å². The van der Waals surface area contributed by atoms with Gasteiger partial charge in [0.05, 0.1) is 6.61 Å². The number of benzene rings is 2. The van der Waals surface area contributed by atoms with Crippen molar-refractivity contribution in [1.29, 1.82) is 0 Å². The molecule has 26 heavy (non-hydrogen) atoms. The minimum absolute atomic E-state index is 0.390. The van der Waals surface area contributed by atoms with Crippen LogP contribution in [0.5, 0.6) is 11.5 Å². The van der Waals surface area contributed by atoms with Gasteiger partial charge in [-0.15, -0.1) is 0 Å². The summed E-state index contributed by atoms with van der Waals surface area (Å²) in [6, 6.07) is 11.6. The molecule has 142 valence electrons. The van der Waals surface area contributed by atoms with Crippen molar-refractivity contribution < 1.29 is 14.2 Å². The van der Waals surface area contributed by atoms with Crippen molar-refractivity contribution >= 4 is 27.5 Å². The average Bonchev–Trinajstić information content (AvgIpc) is 2.63. The Bertz CT molecular complexity index is 697. The summed E-state index contributed by atoms with van der Waals surface area (Å²) >= 11 is 9.83. The third-order valence-corrected chi connectivity index (χ3v) is 4.88. The maximum atomic E-state index is 6.20. The van der Waals surface area contributed by atoms with E-state index in [0.717, 1.165) is 47.5 Å². The van der Waals surface area contributed by atoms with E-state index in [1.807, 2.05) is 43.3 Å². The number of methoxy groups -OCH3 is 1. The molecule has 0 aliphatic carbocycles. The summed E-state index contributed by atoms with van der Waals surface area (Å²) in [7, 11) is 1.71. The third kappa shape index (κ3) is 6.47. The summed E-state index contributed by atoms with van der Waals surface area (Å²) in [5, 5.41) is 4.10. The van der Waals surface area contributed by atoms with E-state index >= 15 is 0 Å². The highest BCUT2D eigenvalue weighted by Crippen LogP contribution is 2.34. The Morgan fingerprint density at radius 2 is 1.85 bits per heavy atom. The van der Waals surface area contributed by atoms with Crippen LogP contribution in [0.1, 0.15) is 24.5 Å². The first-order valence-corrected chi connectivity index (χ1v) is 9.83. The van der Waals surface area contributed by atoms with E-state index in [2.05, 4.69) is 21.2 Å². The zero-order valence-corrected chi connectivity index (χ0v) is 17.5. The predicted octanol–water partition coefficient (Wildman–Crippen LogP) is 5.21. The van der Waals surface area contributed by atoms with Crippen molar-refractivity contribution in [3.05, 3.63) is 57.0 Å². The molecule has 0 unspecified atom stereocenters. The molecule has 0 saturated heterocycles. The van der Waals surface area contributed by atoms with Gasteiger partial charge in [0, 0.05) is 35.3 Å². The molecule has 0 fully saturated rings. The Morgan fingerprint density at radius 1 is 1.08 bits per heavy atom. The minimum atomic E-state index is 0.390. The number of ether oxygens (including phenoxy) is 3. The first-order valence-electron chi connectivity index (χ1n) is 8.66. The highest BCUT2D eigenvalue weighted by Gasteiger charge is 2.12. The lowest BCUT2D eigenvalue weighted by atomic mass is 10.2. The number of rotatable bonds is 11. The van der Waals surface area contributed by atoms with Gasteiger partial charge in [-0.25, -0.2) is 0 Å². The molecule has 2 aromatic rings. The smallest absolute Gasteiger partial charge is 0.162 e. The molecule has 6 heteroatoms. The number of halogens is 2. The van der Waals surface area contributed by atoms with E-state index in [9.17, 15) is 0 Å². The van der Waals surface area contributed by atoms with E-state index in [1.54, 1.807) is 7.11 Å². The molecule has 0 atom stereocenters. The van der Waals surface area contributed by atoms with Gasteiger partial charge in [0.15, 0.2) is 11.5 Å². The van der Waals surface area contributed by atoms with Gasteiger partial charge < -0.3 is 19.5 Å². The standard InChI is InChI=1S/C20H25BrClNO3/c1-3-25-19-11-16(13-23-9-6-10-24-2)17(21)12-20(19)26-14-15-7-4-5-8-18(15)22/h4-5,7-8,11-12,23H,3,6,9-10,13-14H2,1-2H3. The van der Waals surface area contributed by atoms with Gasteiger partial charge in [0.2, 0.25) is 0 Å². The molecule has 1 N–H and O–H groups in total. The molecule has 0 saturated carbocycles. The molecule has 0 aliphatic rings. The van der Waals surface area contributed by atoms with Crippen molar-refractivity contribution in [2.24, 2.45) is 0 Å². The lowest BCUT2D eigenvalue weighted by Gasteiger charge is -2.16. The van der Waals surface area contributed by atoms with Gasteiger partial charge in [-0.2, -0.15) is 0 Å². The molecular weight excluding hydrogens is 418 g/mol. The molecule has 0 aromatic heterocycles. The maximum Gasteiger partial charge on any atom is 0.162 e. The molecule has 0 spiro atoms. The molecule has 0 heterocycles. The Hall–Kier alpha value is -1.27. The van der Waals surface area contributed by atoms with Gasteiger partial charge in [-0.1, -0.05) is 45.7 Å². The second kappa shape index (κ2) is 11.4. The Balaban J connectivity index is 2.06. The van der Waals surface area contributed by atoms with E-state index in [4.69, 9.17) is 25.8 Å². The lowest BCUT2D eigenvalue weighted by Crippen LogP contribution is -2.16. The zero-order valence-electron chi connectivity index (χ0n) is 15.2. The van der Waals surface area contributed by atoms with Gasteiger partial charge in [0.1, 0.15) is 6.61 Å². The molecule has 0 bridgehead atoms. The monoisotopic (exact) mass is 441 g/mol. The highest BCUT2D eigenvalue weighted by molar-refractivity contribution is 9.10. The summed E-state index contributed by atoms with van der Waals surface area (Å²) in [6.45, 7) is 5.32. The molecule has 0 aliphatic heterocycles. The SMILES string of the molecule is CCOc1cc(CNCCCOC)c(Br)cc1OCc1ccccc1Cl. The van der Waals surface area contributed by atoms with Crippen LogP contribution in [-0.2, 0) is 17.9 Å². The quantitative estimate of drug-likeness (QED) is 0.485. The van der Waals surface area contributed by atoms with E-state index < -0.39 is 0 Å². The van der Waals surface area contributed by atoms with Gasteiger partial charge >= 0.3 is 0 Å². The predicted molar refractivity (Wildman–Crippen MR) is 109 cm³/mol. The van der Waals surface area contributed by atoms with Crippen molar-refractivity contribution in [1.82, 2.24) is 5.32 Å². The van der Waals surface area contributed by atoms with Crippen molar-refractivity contribution in [3.63, 3.8) is 0 Å². The first-order chi connectivity index (χ1) is 12.7. The van der Waals surface area contributed by atoms with Crippen LogP contribution in [0.3, 0.4) is 0 Å². The van der Waals surface area contributed by atoms with Crippen LogP contribution in [0.2, 0.25) is 5.02 Å².